The van der Waals surface area contributed by atoms with Gasteiger partial charge in [-0.2, -0.15) is 0 Å². The first-order chi connectivity index (χ1) is 14.7. The predicted molar refractivity (Wildman–Crippen MR) is 138 cm³/mol. The Balaban J connectivity index is 2.14. The molecule has 1 aromatic carbocycles. The van der Waals surface area contributed by atoms with Crippen LogP contribution in [-0.2, 0) is 9.22 Å². The molecule has 1 aliphatic carbocycles. The third kappa shape index (κ3) is 6.98. The number of nitrogens with zero attached hydrogens (tertiary/aromatic N) is 1. The number of carbonyl (C=O) groups is 1. The maximum atomic E-state index is 11.1. The highest BCUT2D eigenvalue weighted by molar-refractivity contribution is 6.74. The van der Waals surface area contributed by atoms with E-state index in [9.17, 15) is 4.79 Å². The van der Waals surface area contributed by atoms with Gasteiger partial charge in [-0.15, -0.1) is 0 Å². The van der Waals surface area contributed by atoms with Crippen molar-refractivity contribution in [2.24, 2.45) is 5.92 Å². The van der Waals surface area contributed by atoms with Gasteiger partial charge in [-0.3, -0.25) is 4.79 Å². The van der Waals surface area contributed by atoms with E-state index in [-0.39, 0.29) is 17.4 Å². The highest BCUT2D eigenvalue weighted by Gasteiger charge is 2.40. The van der Waals surface area contributed by atoms with Crippen LogP contribution in [0.2, 0.25) is 18.1 Å². The molecule has 0 saturated heterocycles. The lowest BCUT2D eigenvalue weighted by Gasteiger charge is -2.44. The van der Waals surface area contributed by atoms with Gasteiger partial charge in [0.2, 0.25) is 0 Å². The molecule has 0 aromatic heterocycles. The van der Waals surface area contributed by atoms with Gasteiger partial charge in [-0.05, 0) is 73.3 Å². The molecule has 0 heterocycles. The van der Waals surface area contributed by atoms with Crippen LogP contribution in [0.3, 0.4) is 0 Å². The number of nitrogens with two attached hydrogens (primary N) is 1. The molecular weight excluding hydrogens is 416 g/mol. The monoisotopic (exact) mass is 462 g/mol. The van der Waals surface area contributed by atoms with Crippen molar-refractivity contribution in [1.29, 1.82) is 0 Å². The number of nitrogen functional groups attached to an aromatic ring is 1. The molecule has 1 saturated carbocycles. The molecule has 1 unspecified atom stereocenters. The number of carboxylic acids is 1. The number of rotatable bonds is 9. The zero-order valence-corrected chi connectivity index (χ0v) is 22.6. The van der Waals surface area contributed by atoms with Gasteiger partial charge in [0, 0.05) is 18.7 Å². The van der Waals surface area contributed by atoms with Crippen LogP contribution in [0.5, 0.6) is 0 Å². The molecule has 0 spiro atoms. The van der Waals surface area contributed by atoms with Crippen molar-refractivity contribution in [3.8, 4) is 0 Å². The first-order valence-corrected chi connectivity index (χ1v) is 15.2. The number of anilines is 2. The number of aliphatic carboxylic acids is 1. The van der Waals surface area contributed by atoms with E-state index in [0.717, 1.165) is 49.2 Å². The van der Waals surface area contributed by atoms with Gasteiger partial charge >= 0.3 is 5.97 Å². The molecular formula is C26H46N2O3Si. The van der Waals surface area contributed by atoms with E-state index in [4.69, 9.17) is 15.3 Å². The Bertz CT molecular complexity index is 765. The van der Waals surface area contributed by atoms with Crippen LogP contribution >= 0.6 is 0 Å². The van der Waals surface area contributed by atoms with Crippen LogP contribution in [0.1, 0.15) is 85.1 Å². The summed E-state index contributed by atoms with van der Waals surface area (Å²) in [6, 6.07) is 6.59. The third-order valence-electron chi connectivity index (χ3n) is 7.32. The fourth-order valence-corrected chi connectivity index (χ4v) is 5.85. The van der Waals surface area contributed by atoms with Crippen LogP contribution in [0.25, 0.3) is 0 Å². The predicted octanol–water partition coefficient (Wildman–Crippen LogP) is 6.64. The van der Waals surface area contributed by atoms with Crippen LogP contribution in [0.4, 0.5) is 11.4 Å². The summed E-state index contributed by atoms with van der Waals surface area (Å²) in [6.45, 7) is 19.0. The summed E-state index contributed by atoms with van der Waals surface area (Å²) < 4.78 is 6.70. The number of benzene rings is 1. The number of hydrogen-bond acceptors (Lipinski definition) is 4. The van der Waals surface area contributed by atoms with E-state index in [1.54, 1.807) is 0 Å². The number of hydrogen-bond donors (Lipinski definition) is 2. The minimum Gasteiger partial charge on any atom is -0.481 e. The van der Waals surface area contributed by atoms with Crippen LogP contribution in [0.15, 0.2) is 18.2 Å². The molecule has 6 heteroatoms. The van der Waals surface area contributed by atoms with E-state index < -0.39 is 14.3 Å². The second-order valence-corrected chi connectivity index (χ2v) is 16.4. The SMILES string of the molecule is CC(C)CN(c1ccc(C(C)CC(=O)O)cc1N)[C@H]1CC[C@H](O[Si](C)(C)C(C)(C)C)CC1. The van der Waals surface area contributed by atoms with Crippen molar-refractivity contribution >= 4 is 25.7 Å². The Kier molecular flexibility index (Phi) is 8.85. The van der Waals surface area contributed by atoms with Gasteiger partial charge in [-0.25, -0.2) is 0 Å². The molecule has 1 fully saturated rings. The molecule has 1 aromatic rings. The van der Waals surface area contributed by atoms with Crippen LogP contribution in [0, 0.1) is 5.92 Å². The van der Waals surface area contributed by atoms with Gasteiger partial charge in [0.05, 0.1) is 17.8 Å². The summed E-state index contributed by atoms with van der Waals surface area (Å²) in [4.78, 5) is 13.6. The topological polar surface area (TPSA) is 75.8 Å². The smallest absolute Gasteiger partial charge is 0.303 e. The van der Waals surface area contributed by atoms with Crippen LogP contribution < -0.4 is 10.6 Å². The molecule has 32 heavy (non-hydrogen) atoms. The van der Waals surface area contributed by atoms with E-state index in [0.29, 0.717) is 18.1 Å². The summed E-state index contributed by atoms with van der Waals surface area (Å²) >= 11 is 0. The molecule has 1 atom stereocenters. The minimum atomic E-state index is -1.74. The van der Waals surface area contributed by atoms with Crippen molar-refractivity contribution in [3.63, 3.8) is 0 Å². The summed E-state index contributed by atoms with van der Waals surface area (Å²) in [5.74, 6) is -0.301. The molecule has 1 aliphatic rings. The Labute approximate surface area is 196 Å². The van der Waals surface area contributed by atoms with Gasteiger partial charge < -0.3 is 20.2 Å². The van der Waals surface area contributed by atoms with Crippen molar-refractivity contribution < 1.29 is 14.3 Å². The fraction of sp³-hybridized carbons (Fsp3) is 0.731. The summed E-state index contributed by atoms with van der Waals surface area (Å²) in [7, 11) is -1.74. The first-order valence-electron chi connectivity index (χ1n) is 12.3. The largest absolute Gasteiger partial charge is 0.481 e. The maximum Gasteiger partial charge on any atom is 0.303 e. The van der Waals surface area contributed by atoms with Gasteiger partial charge in [0.1, 0.15) is 0 Å². The second-order valence-electron chi connectivity index (χ2n) is 11.7. The average Bonchev–Trinajstić information content (AvgIpc) is 2.65. The molecule has 3 N–H and O–H groups in total. The fourth-order valence-electron chi connectivity index (χ4n) is 4.43. The Morgan fingerprint density at radius 1 is 1.19 bits per heavy atom. The Morgan fingerprint density at radius 3 is 2.25 bits per heavy atom. The molecule has 0 amide bonds. The average molecular weight is 463 g/mol. The molecule has 182 valence electrons. The molecule has 0 bridgehead atoms. The Morgan fingerprint density at radius 2 is 1.78 bits per heavy atom. The number of carboxylic acid groups (broad SMARTS) is 1. The van der Waals surface area contributed by atoms with Crippen molar-refractivity contribution in [3.05, 3.63) is 23.8 Å². The standard InChI is InChI=1S/C26H46N2O3Si/c1-18(2)17-28(24-14-9-20(16-23(24)27)19(3)15-25(29)30)21-10-12-22(13-11-21)31-32(7,8)26(4,5)6/h9,14,16,18-19,21-22H,10-13,15,17,27H2,1-8H3,(H,29,30)/t19?,21-,22-. The van der Waals surface area contributed by atoms with Gasteiger partial charge in [-0.1, -0.05) is 47.6 Å². The highest BCUT2D eigenvalue weighted by atomic mass is 28.4. The molecule has 2 rings (SSSR count). The van der Waals surface area contributed by atoms with E-state index in [1.807, 2.05) is 13.0 Å². The molecule has 0 aliphatic heterocycles. The Hall–Kier alpha value is -1.53. The summed E-state index contributed by atoms with van der Waals surface area (Å²) in [5.41, 5.74) is 9.35. The summed E-state index contributed by atoms with van der Waals surface area (Å²) in [6.07, 6.45) is 4.90. The minimum absolute atomic E-state index is 0.0506. The highest BCUT2D eigenvalue weighted by Crippen LogP contribution is 2.40. The second kappa shape index (κ2) is 10.6. The zero-order chi connectivity index (χ0) is 24.3. The lowest BCUT2D eigenvalue weighted by Crippen LogP contribution is -2.47. The summed E-state index contributed by atoms with van der Waals surface area (Å²) in [5, 5.41) is 9.35. The first kappa shape index (κ1) is 26.7. The van der Waals surface area contributed by atoms with Crippen molar-refractivity contribution in [1.82, 2.24) is 0 Å². The van der Waals surface area contributed by atoms with Gasteiger partial charge in [0.25, 0.3) is 0 Å². The third-order valence-corrected chi connectivity index (χ3v) is 11.9. The quantitative estimate of drug-likeness (QED) is 0.318. The zero-order valence-electron chi connectivity index (χ0n) is 21.6. The molecule has 5 nitrogen and oxygen atoms in total. The van der Waals surface area contributed by atoms with Crippen LogP contribution in [-0.4, -0.2) is 38.1 Å². The van der Waals surface area contributed by atoms with Crippen molar-refractivity contribution in [2.45, 2.75) is 110 Å². The van der Waals surface area contributed by atoms with E-state index >= 15 is 0 Å². The van der Waals surface area contributed by atoms with Gasteiger partial charge in [0.15, 0.2) is 8.32 Å². The lowest BCUT2D eigenvalue weighted by atomic mass is 9.90. The van der Waals surface area contributed by atoms with Crippen molar-refractivity contribution in [2.75, 3.05) is 17.2 Å². The lowest BCUT2D eigenvalue weighted by molar-refractivity contribution is -0.137. The van der Waals surface area contributed by atoms with E-state index in [1.165, 1.54) is 0 Å². The normalized spacial score (nSPS) is 20.9. The maximum absolute atomic E-state index is 11.1. The van der Waals surface area contributed by atoms with E-state index in [2.05, 4.69) is 64.7 Å². The molecule has 0 radical (unpaired) electrons.